The predicted octanol–water partition coefficient (Wildman–Crippen LogP) is 2.53. The van der Waals surface area contributed by atoms with Gasteiger partial charge in [-0.3, -0.25) is 4.79 Å². The van der Waals surface area contributed by atoms with Gasteiger partial charge in [0, 0.05) is 30.7 Å². The van der Waals surface area contributed by atoms with Gasteiger partial charge in [0.15, 0.2) is 0 Å². The number of hydrogen-bond acceptors (Lipinski definition) is 4. The summed E-state index contributed by atoms with van der Waals surface area (Å²) in [5, 5.41) is 0.859. The summed E-state index contributed by atoms with van der Waals surface area (Å²) in [6, 6.07) is 12.6. The summed E-state index contributed by atoms with van der Waals surface area (Å²) in [6.07, 6.45) is 1.65. The fourth-order valence-electron chi connectivity index (χ4n) is 2.61. The summed E-state index contributed by atoms with van der Waals surface area (Å²) in [7, 11) is -1.06. The highest BCUT2D eigenvalue weighted by atomic mass is 35.5. The molecule has 2 heterocycles. The Morgan fingerprint density at radius 3 is 2.40 bits per heavy atom. The van der Waals surface area contributed by atoms with Crippen LogP contribution in [0.4, 0.5) is 0 Å². The molecule has 3 rings (SSSR count). The minimum Gasteiger partial charge on any atom is -0.307 e. The normalized spacial score (nSPS) is 12.3. The van der Waals surface area contributed by atoms with Gasteiger partial charge in [-0.2, -0.15) is 0 Å². The second-order valence-electron chi connectivity index (χ2n) is 5.55. The Hall–Kier alpha value is -2.22. The molecule has 0 aliphatic rings. The van der Waals surface area contributed by atoms with Crippen LogP contribution in [0.1, 0.15) is 18.5 Å². The van der Waals surface area contributed by atoms with Crippen molar-refractivity contribution in [3.05, 3.63) is 64.6 Å². The van der Waals surface area contributed by atoms with Crippen LogP contribution in [-0.4, -0.2) is 29.7 Å². The Bertz CT molecular complexity index is 1010. The van der Waals surface area contributed by atoms with Crippen LogP contribution in [0.15, 0.2) is 53.5 Å². The van der Waals surface area contributed by atoms with Crippen molar-refractivity contribution >= 4 is 34.3 Å². The summed E-state index contributed by atoms with van der Waals surface area (Å²) < 4.78 is 23.5. The predicted molar refractivity (Wildman–Crippen MR) is 102 cm³/mol. The molecule has 1 atom stereocenters. The molecule has 3 aromatic rings. The van der Waals surface area contributed by atoms with Gasteiger partial charge in [-0.1, -0.05) is 24.3 Å². The number of aromatic nitrogens is 2. The highest BCUT2D eigenvalue weighted by Gasteiger charge is 2.13. The third-order valence-electron chi connectivity index (χ3n) is 4.16. The molecule has 0 amide bonds. The molecule has 0 saturated heterocycles. The lowest BCUT2D eigenvalue weighted by Crippen LogP contribution is -2.20. The Labute approximate surface area is 153 Å². The second-order valence-corrected chi connectivity index (χ2v) is 6.66. The van der Waals surface area contributed by atoms with Crippen molar-refractivity contribution in [1.29, 1.82) is 0 Å². The smallest absolute Gasteiger partial charge is 0.249 e. The van der Waals surface area contributed by atoms with Crippen LogP contribution >= 0.6 is 12.4 Å². The number of aromatic amines is 1. The van der Waals surface area contributed by atoms with Gasteiger partial charge >= 0.3 is 0 Å². The van der Waals surface area contributed by atoms with E-state index in [0.717, 1.165) is 22.1 Å². The molecule has 132 valence electrons. The molecule has 0 radical (unpaired) electrons. The number of thiol groups is 1. The van der Waals surface area contributed by atoms with E-state index in [1.807, 2.05) is 37.3 Å². The van der Waals surface area contributed by atoms with Crippen LogP contribution in [0.2, 0.25) is 0 Å². The molecule has 6 nitrogen and oxygen atoms in total. The Morgan fingerprint density at radius 2 is 1.76 bits per heavy atom. The number of H-pyrrole nitrogens is 1. The highest BCUT2D eigenvalue weighted by molar-refractivity contribution is 7.69. The third kappa shape index (κ3) is 3.89. The lowest BCUT2D eigenvalue weighted by molar-refractivity contribution is 0.412. The van der Waals surface area contributed by atoms with Crippen LogP contribution in [0, 0.1) is 0 Å². The van der Waals surface area contributed by atoms with Gasteiger partial charge in [0.05, 0.1) is 0 Å². The summed E-state index contributed by atoms with van der Waals surface area (Å²) in [6.45, 7) is 1.84. The number of nitrogens with one attached hydrogen (secondary N) is 1. The standard InChI is InChI=1S/C17H17N3O3S.ClH/c1-11(20(2)24(22)23)12-3-5-13(6-4-12)14-9-10-18-17-15(14)7-8-16(21)19-17;/h3-11,24H,1-2H3,(H,18,19,21);1H/t11-;/m0./s1. The van der Waals surface area contributed by atoms with Crippen molar-refractivity contribution in [2.24, 2.45) is 0 Å². The van der Waals surface area contributed by atoms with E-state index in [4.69, 9.17) is 0 Å². The molecule has 0 saturated carbocycles. The van der Waals surface area contributed by atoms with E-state index in [0.29, 0.717) is 5.65 Å². The molecule has 8 heteroatoms. The van der Waals surface area contributed by atoms with Crippen molar-refractivity contribution < 1.29 is 8.42 Å². The quantitative estimate of drug-likeness (QED) is 0.682. The molecule has 0 bridgehead atoms. The number of hydrogen-bond donors (Lipinski definition) is 2. The Kier molecular flexibility index (Phi) is 5.94. The van der Waals surface area contributed by atoms with Gasteiger partial charge in [-0.15, -0.1) is 12.4 Å². The maximum Gasteiger partial charge on any atom is 0.249 e. The van der Waals surface area contributed by atoms with Crippen molar-refractivity contribution in [3.63, 3.8) is 0 Å². The van der Waals surface area contributed by atoms with Gasteiger partial charge in [0.2, 0.25) is 16.4 Å². The Balaban J connectivity index is 0.00000225. The van der Waals surface area contributed by atoms with Crippen molar-refractivity contribution in [3.8, 4) is 11.1 Å². The molecule has 0 fully saturated rings. The molecule has 1 aromatic carbocycles. The van der Waals surface area contributed by atoms with Crippen molar-refractivity contribution in [1.82, 2.24) is 14.3 Å². The number of rotatable bonds is 4. The zero-order chi connectivity index (χ0) is 17.3. The van der Waals surface area contributed by atoms with Crippen molar-refractivity contribution in [2.45, 2.75) is 13.0 Å². The highest BCUT2D eigenvalue weighted by Crippen LogP contribution is 2.28. The minimum atomic E-state index is -2.61. The number of pyridine rings is 2. The third-order valence-corrected chi connectivity index (χ3v) is 5.02. The number of fused-ring (bicyclic) bond motifs is 1. The maximum atomic E-state index is 11.4. The average molecular weight is 380 g/mol. The van der Waals surface area contributed by atoms with Crippen LogP contribution in [-0.2, 0) is 10.9 Å². The van der Waals surface area contributed by atoms with Gasteiger partial charge in [0.1, 0.15) is 5.65 Å². The first kappa shape index (κ1) is 19.1. The number of benzene rings is 1. The van der Waals surface area contributed by atoms with E-state index < -0.39 is 10.9 Å². The molecule has 25 heavy (non-hydrogen) atoms. The first-order chi connectivity index (χ1) is 11.5. The molecular weight excluding hydrogens is 362 g/mol. The topological polar surface area (TPSA) is 83.1 Å². The molecule has 2 aromatic heterocycles. The monoisotopic (exact) mass is 379 g/mol. The molecule has 0 aliphatic heterocycles. The van der Waals surface area contributed by atoms with Crippen molar-refractivity contribution in [2.75, 3.05) is 7.05 Å². The summed E-state index contributed by atoms with van der Waals surface area (Å²) in [5.74, 6) is 0. The largest absolute Gasteiger partial charge is 0.307 e. The zero-order valence-corrected chi connectivity index (χ0v) is 15.4. The zero-order valence-electron chi connectivity index (χ0n) is 13.7. The lowest BCUT2D eigenvalue weighted by atomic mass is 10.00. The Morgan fingerprint density at radius 1 is 1.08 bits per heavy atom. The van der Waals surface area contributed by atoms with E-state index in [1.165, 1.54) is 10.4 Å². The fourth-order valence-corrected chi connectivity index (χ4v) is 3.03. The number of nitrogens with zero attached hydrogens (tertiary/aromatic N) is 2. The molecular formula is C17H18ClN3O3S. The van der Waals surface area contributed by atoms with Gasteiger partial charge < -0.3 is 4.98 Å². The van der Waals surface area contributed by atoms with E-state index in [9.17, 15) is 13.2 Å². The van der Waals surface area contributed by atoms with Gasteiger partial charge in [-0.25, -0.2) is 17.7 Å². The van der Waals surface area contributed by atoms with Crippen LogP contribution < -0.4 is 5.56 Å². The first-order valence-electron chi connectivity index (χ1n) is 7.43. The van der Waals surface area contributed by atoms with E-state index in [2.05, 4.69) is 9.97 Å². The van der Waals surface area contributed by atoms with Gasteiger partial charge in [-0.05, 0) is 35.7 Å². The molecule has 0 unspecified atom stereocenters. The van der Waals surface area contributed by atoms with E-state index in [1.54, 1.807) is 19.3 Å². The average Bonchev–Trinajstić information content (AvgIpc) is 2.59. The van der Waals surface area contributed by atoms with E-state index >= 15 is 0 Å². The fraction of sp³-hybridized carbons (Fsp3) is 0.176. The first-order valence-corrected chi connectivity index (χ1v) is 8.56. The molecule has 0 aliphatic carbocycles. The summed E-state index contributed by atoms with van der Waals surface area (Å²) in [4.78, 5) is 18.3. The van der Waals surface area contributed by atoms with Crippen LogP contribution in [0.3, 0.4) is 0 Å². The molecule has 0 spiro atoms. The maximum absolute atomic E-state index is 11.4. The second kappa shape index (κ2) is 7.77. The lowest BCUT2D eigenvalue weighted by Gasteiger charge is -2.19. The minimum absolute atomic E-state index is 0. The van der Waals surface area contributed by atoms with Gasteiger partial charge in [0.25, 0.3) is 0 Å². The molecule has 1 N–H and O–H groups in total. The number of halogens is 1. The van der Waals surface area contributed by atoms with E-state index in [-0.39, 0.29) is 24.0 Å². The SMILES string of the molecule is C[C@@H](c1ccc(-c2ccnc3[nH]c(=O)ccc23)cc1)N(C)[SH](=O)=O.Cl. The van der Waals surface area contributed by atoms with Crippen LogP contribution in [0.25, 0.3) is 22.2 Å². The van der Waals surface area contributed by atoms with Crippen LogP contribution in [0.5, 0.6) is 0 Å². The summed E-state index contributed by atoms with van der Waals surface area (Å²) >= 11 is 0. The summed E-state index contributed by atoms with van der Waals surface area (Å²) in [5.41, 5.74) is 3.19.